The highest BCUT2D eigenvalue weighted by atomic mass is 35.5. The zero-order chi connectivity index (χ0) is 20.1. The number of halogens is 1. The lowest BCUT2D eigenvalue weighted by molar-refractivity contribution is -0.111. The molecule has 1 N–H and O–H groups in total. The largest absolute Gasteiger partial charge is 0.369 e. The van der Waals surface area contributed by atoms with Gasteiger partial charge in [-0.05, 0) is 48.0 Å². The van der Waals surface area contributed by atoms with E-state index in [1.54, 1.807) is 18.2 Å². The Kier molecular flexibility index (Phi) is 6.39. The molecule has 0 bridgehead atoms. The van der Waals surface area contributed by atoms with Crippen LogP contribution in [0.5, 0.6) is 0 Å². The number of carbonyl (C=O) groups is 1. The maximum Gasteiger partial charge on any atom is 0.248 e. The molecular formula is C20H22ClN3O3S. The molecule has 1 heterocycles. The molecule has 3 rings (SSSR count). The van der Waals surface area contributed by atoms with Crippen molar-refractivity contribution in [2.24, 2.45) is 0 Å². The Morgan fingerprint density at radius 3 is 2.18 bits per heavy atom. The SMILES string of the molecule is CS(=O)(=O)N1CCN(c2ccc(NC(=O)/C=C/c3ccc(Cl)cc3)cc2)CC1. The van der Waals surface area contributed by atoms with Gasteiger partial charge in [-0.15, -0.1) is 0 Å². The van der Waals surface area contributed by atoms with Gasteiger partial charge in [-0.1, -0.05) is 23.7 Å². The van der Waals surface area contributed by atoms with E-state index in [1.807, 2.05) is 36.4 Å². The zero-order valence-electron chi connectivity index (χ0n) is 15.5. The minimum Gasteiger partial charge on any atom is -0.369 e. The summed E-state index contributed by atoms with van der Waals surface area (Å²) < 4.78 is 24.7. The summed E-state index contributed by atoms with van der Waals surface area (Å²) in [7, 11) is -3.13. The van der Waals surface area contributed by atoms with Crippen LogP contribution in [0.4, 0.5) is 11.4 Å². The molecule has 1 aliphatic rings. The molecule has 0 aromatic heterocycles. The number of hydrogen-bond donors (Lipinski definition) is 1. The highest BCUT2D eigenvalue weighted by molar-refractivity contribution is 7.88. The Hall–Kier alpha value is -2.35. The Labute approximate surface area is 170 Å². The highest BCUT2D eigenvalue weighted by Gasteiger charge is 2.23. The number of sulfonamides is 1. The van der Waals surface area contributed by atoms with Crippen molar-refractivity contribution in [3.05, 3.63) is 65.2 Å². The summed E-state index contributed by atoms with van der Waals surface area (Å²) in [5.74, 6) is -0.218. The van der Waals surface area contributed by atoms with Crippen molar-refractivity contribution < 1.29 is 13.2 Å². The molecule has 1 saturated heterocycles. The van der Waals surface area contributed by atoms with Gasteiger partial charge >= 0.3 is 0 Å². The van der Waals surface area contributed by atoms with Crippen molar-refractivity contribution in [1.82, 2.24) is 4.31 Å². The van der Waals surface area contributed by atoms with Crippen LogP contribution in [-0.2, 0) is 14.8 Å². The van der Waals surface area contributed by atoms with Gasteiger partial charge in [0, 0.05) is 48.7 Å². The average molecular weight is 420 g/mol. The first-order valence-corrected chi connectivity index (χ1v) is 11.1. The number of benzene rings is 2. The van der Waals surface area contributed by atoms with Gasteiger partial charge in [0.1, 0.15) is 0 Å². The van der Waals surface area contributed by atoms with E-state index in [2.05, 4.69) is 10.2 Å². The van der Waals surface area contributed by atoms with E-state index in [0.717, 1.165) is 11.3 Å². The number of nitrogens with zero attached hydrogens (tertiary/aromatic N) is 2. The highest BCUT2D eigenvalue weighted by Crippen LogP contribution is 2.20. The first-order valence-electron chi connectivity index (χ1n) is 8.86. The predicted molar refractivity (Wildman–Crippen MR) is 114 cm³/mol. The first kappa shape index (κ1) is 20.4. The van der Waals surface area contributed by atoms with Crippen molar-refractivity contribution in [1.29, 1.82) is 0 Å². The smallest absolute Gasteiger partial charge is 0.248 e. The molecule has 8 heteroatoms. The fourth-order valence-corrected chi connectivity index (χ4v) is 3.92. The minimum atomic E-state index is -3.13. The van der Waals surface area contributed by atoms with Crippen LogP contribution in [0.25, 0.3) is 6.08 Å². The van der Waals surface area contributed by atoms with Gasteiger partial charge in [0.05, 0.1) is 6.26 Å². The Morgan fingerprint density at radius 1 is 1.00 bits per heavy atom. The van der Waals surface area contributed by atoms with Crippen LogP contribution in [0.1, 0.15) is 5.56 Å². The van der Waals surface area contributed by atoms with Crippen LogP contribution in [0.15, 0.2) is 54.6 Å². The second-order valence-electron chi connectivity index (χ2n) is 6.57. The topological polar surface area (TPSA) is 69.7 Å². The molecule has 0 unspecified atom stereocenters. The average Bonchev–Trinajstić information content (AvgIpc) is 2.68. The first-order chi connectivity index (χ1) is 13.3. The molecule has 1 aliphatic heterocycles. The Bertz CT molecular complexity index is 949. The van der Waals surface area contributed by atoms with Crippen molar-refractivity contribution in [3.63, 3.8) is 0 Å². The summed E-state index contributed by atoms with van der Waals surface area (Å²) in [4.78, 5) is 14.2. The van der Waals surface area contributed by atoms with Crippen molar-refractivity contribution in [2.45, 2.75) is 0 Å². The van der Waals surface area contributed by atoms with E-state index in [9.17, 15) is 13.2 Å². The molecule has 0 aliphatic carbocycles. The summed E-state index contributed by atoms with van der Waals surface area (Å²) in [5, 5.41) is 3.48. The van der Waals surface area contributed by atoms with E-state index in [-0.39, 0.29) is 5.91 Å². The summed E-state index contributed by atoms with van der Waals surface area (Å²) in [6, 6.07) is 14.7. The third-order valence-electron chi connectivity index (χ3n) is 4.50. The number of carbonyl (C=O) groups excluding carboxylic acids is 1. The molecule has 1 amide bonds. The maximum absolute atomic E-state index is 12.1. The third-order valence-corrected chi connectivity index (χ3v) is 6.06. The molecular weight excluding hydrogens is 398 g/mol. The summed E-state index contributed by atoms with van der Waals surface area (Å²) in [5.41, 5.74) is 2.59. The van der Waals surface area contributed by atoms with E-state index in [0.29, 0.717) is 36.9 Å². The van der Waals surface area contributed by atoms with Crippen molar-refractivity contribution in [3.8, 4) is 0 Å². The molecule has 28 heavy (non-hydrogen) atoms. The standard InChI is InChI=1S/C20H22ClN3O3S/c1-28(26,27)24-14-12-23(13-15-24)19-9-7-18(8-10-19)22-20(25)11-4-16-2-5-17(21)6-3-16/h2-11H,12-15H2,1H3,(H,22,25)/b11-4+. The van der Waals surface area contributed by atoms with Gasteiger partial charge in [-0.25, -0.2) is 8.42 Å². The quantitative estimate of drug-likeness (QED) is 0.756. The molecule has 0 spiro atoms. The van der Waals surface area contributed by atoms with E-state index < -0.39 is 10.0 Å². The molecule has 0 saturated carbocycles. The molecule has 2 aromatic carbocycles. The van der Waals surface area contributed by atoms with Gasteiger partial charge in [-0.3, -0.25) is 4.79 Å². The van der Waals surface area contributed by atoms with E-state index >= 15 is 0 Å². The maximum atomic E-state index is 12.1. The second-order valence-corrected chi connectivity index (χ2v) is 8.99. The number of rotatable bonds is 5. The fraction of sp³-hybridized carbons (Fsp3) is 0.250. The second kappa shape index (κ2) is 8.77. The molecule has 0 atom stereocenters. The number of piperazine rings is 1. The van der Waals surface area contributed by atoms with Crippen LogP contribution in [-0.4, -0.2) is 51.1 Å². The summed E-state index contributed by atoms with van der Waals surface area (Å²) >= 11 is 5.84. The van der Waals surface area contributed by atoms with Crippen LogP contribution in [0.2, 0.25) is 5.02 Å². The lowest BCUT2D eigenvalue weighted by atomic mass is 10.2. The van der Waals surface area contributed by atoms with Gasteiger partial charge in [-0.2, -0.15) is 4.31 Å². The Balaban J connectivity index is 1.54. The van der Waals surface area contributed by atoms with Crippen molar-refractivity contribution in [2.75, 3.05) is 42.7 Å². The van der Waals surface area contributed by atoms with Crippen molar-refractivity contribution >= 4 is 45.0 Å². The normalized spacial score (nSPS) is 15.7. The lowest BCUT2D eigenvalue weighted by Crippen LogP contribution is -2.48. The summed E-state index contributed by atoms with van der Waals surface area (Å²) in [6.07, 6.45) is 4.43. The third kappa shape index (κ3) is 5.58. The number of hydrogen-bond acceptors (Lipinski definition) is 4. The molecule has 1 fully saturated rings. The number of anilines is 2. The lowest BCUT2D eigenvalue weighted by Gasteiger charge is -2.34. The van der Waals surface area contributed by atoms with Crippen LogP contribution < -0.4 is 10.2 Å². The van der Waals surface area contributed by atoms with Gasteiger partial charge < -0.3 is 10.2 Å². The molecule has 2 aromatic rings. The van der Waals surface area contributed by atoms with Gasteiger partial charge in [0.15, 0.2) is 0 Å². The van der Waals surface area contributed by atoms with Crippen LogP contribution in [0.3, 0.4) is 0 Å². The van der Waals surface area contributed by atoms with Crippen LogP contribution in [0, 0.1) is 0 Å². The van der Waals surface area contributed by atoms with Gasteiger partial charge in [0.25, 0.3) is 0 Å². The number of amides is 1. The monoisotopic (exact) mass is 419 g/mol. The number of nitrogens with one attached hydrogen (secondary N) is 1. The van der Waals surface area contributed by atoms with E-state index in [1.165, 1.54) is 16.6 Å². The molecule has 0 radical (unpaired) electrons. The predicted octanol–water partition coefficient (Wildman–Crippen LogP) is 3.07. The molecule has 6 nitrogen and oxygen atoms in total. The van der Waals surface area contributed by atoms with E-state index in [4.69, 9.17) is 11.6 Å². The Morgan fingerprint density at radius 2 is 1.61 bits per heavy atom. The fourth-order valence-electron chi connectivity index (χ4n) is 2.96. The minimum absolute atomic E-state index is 0.218. The molecule has 148 valence electrons. The summed E-state index contributed by atoms with van der Waals surface area (Å²) in [6.45, 7) is 2.24. The van der Waals surface area contributed by atoms with Crippen LogP contribution >= 0.6 is 11.6 Å². The zero-order valence-corrected chi connectivity index (χ0v) is 17.1. The van der Waals surface area contributed by atoms with Gasteiger partial charge in [0.2, 0.25) is 15.9 Å².